The summed E-state index contributed by atoms with van der Waals surface area (Å²) < 4.78 is 10.5. The number of piperazine rings is 1. The minimum absolute atomic E-state index is 0.104. The first-order chi connectivity index (χ1) is 13.6. The predicted molar refractivity (Wildman–Crippen MR) is 105 cm³/mol. The Morgan fingerprint density at radius 3 is 2.57 bits per heavy atom. The number of amides is 2. The largest absolute Gasteiger partial charge is 0.493 e. The van der Waals surface area contributed by atoms with Gasteiger partial charge in [-0.15, -0.1) is 0 Å². The lowest BCUT2D eigenvalue weighted by atomic mass is 10.2. The zero-order valence-corrected chi connectivity index (χ0v) is 16.0. The number of hydrogen-bond acceptors (Lipinski definition) is 6. The molecule has 1 N–H and O–H groups in total. The van der Waals surface area contributed by atoms with E-state index in [0.29, 0.717) is 49.8 Å². The Bertz CT molecular complexity index is 872. The minimum atomic E-state index is -0.104. The number of rotatable bonds is 5. The highest BCUT2D eigenvalue weighted by atomic mass is 16.5. The number of aromatic nitrogens is 1. The van der Waals surface area contributed by atoms with Gasteiger partial charge in [-0.1, -0.05) is 6.07 Å². The Hall–Kier alpha value is -3.47. The van der Waals surface area contributed by atoms with Gasteiger partial charge in [-0.3, -0.25) is 0 Å². The maximum atomic E-state index is 12.5. The average Bonchev–Trinajstić information content (AvgIpc) is 2.77. The molecular weight excluding hydrogens is 358 g/mol. The molecule has 0 radical (unpaired) electrons. The van der Waals surface area contributed by atoms with E-state index in [9.17, 15) is 4.79 Å². The van der Waals surface area contributed by atoms with Gasteiger partial charge in [-0.25, -0.2) is 9.78 Å². The van der Waals surface area contributed by atoms with Crippen molar-refractivity contribution in [2.24, 2.45) is 0 Å². The molecule has 0 aliphatic carbocycles. The van der Waals surface area contributed by atoms with Gasteiger partial charge in [-0.05, 0) is 29.8 Å². The van der Waals surface area contributed by atoms with Crippen LogP contribution in [0, 0.1) is 11.3 Å². The van der Waals surface area contributed by atoms with E-state index in [0.717, 1.165) is 11.4 Å². The monoisotopic (exact) mass is 381 g/mol. The molecule has 0 saturated carbocycles. The number of ether oxygens (including phenoxy) is 2. The van der Waals surface area contributed by atoms with Crippen molar-refractivity contribution < 1.29 is 14.3 Å². The second kappa shape index (κ2) is 8.95. The van der Waals surface area contributed by atoms with E-state index in [1.807, 2.05) is 18.2 Å². The highest BCUT2D eigenvalue weighted by Gasteiger charge is 2.22. The molecule has 1 aliphatic heterocycles. The second-order valence-electron chi connectivity index (χ2n) is 6.34. The SMILES string of the molecule is COc1ccc(CNC(=O)N2CCN(c3cc(C#N)ccn3)CC2)cc1OC. The van der Waals surface area contributed by atoms with Gasteiger partial charge in [0, 0.05) is 38.9 Å². The van der Waals surface area contributed by atoms with Crippen LogP contribution in [0.15, 0.2) is 36.5 Å². The van der Waals surface area contributed by atoms with Crippen molar-refractivity contribution in [1.82, 2.24) is 15.2 Å². The Balaban J connectivity index is 1.52. The first-order valence-corrected chi connectivity index (χ1v) is 8.99. The van der Waals surface area contributed by atoms with E-state index in [1.54, 1.807) is 37.4 Å². The third-order valence-corrected chi connectivity index (χ3v) is 4.66. The molecule has 3 rings (SSSR count). The molecule has 2 amide bonds. The van der Waals surface area contributed by atoms with Crippen molar-refractivity contribution in [3.63, 3.8) is 0 Å². The fourth-order valence-electron chi connectivity index (χ4n) is 3.08. The summed E-state index contributed by atoms with van der Waals surface area (Å²) in [6, 6.07) is 11.0. The van der Waals surface area contributed by atoms with Crippen molar-refractivity contribution in [2.45, 2.75) is 6.54 Å². The third-order valence-electron chi connectivity index (χ3n) is 4.66. The Morgan fingerprint density at radius 2 is 1.89 bits per heavy atom. The van der Waals surface area contributed by atoms with Gasteiger partial charge in [-0.2, -0.15) is 5.26 Å². The zero-order valence-electron chi connectivity index (χ0n) is 16.0. The molecule has 28 heavy (non-hydrogen) atoms. The quantitative estimate of drug-likeness (QED) is 0.852. The summed E-state index contributed by atoms with van der Waals surface area (Å²) in [5, 5.41) is 12.0. The molecule has 1 aromatic carbocycles. The lowest BCUT2D eigenvalue weighted by Gasteiger charge is -2.35. The predicted octanol–water partition coefficient (Wildman–Crippen LogP) is 2.00. The molecule has 0 bridgehead atoms. The van der Waals surface area contributed by atoms with Crippen LogP contribution in [0.25, 0.3) is 0 Å². The van der Waals surface area contributed by atoms with E-state index in [1.165, 1.54) is 0 Å². The van der Waals surface area contributed by atoms with Crippen LogP contribution in [-0.2, 0) is 6.54 Å². The molecular formula is C20H23N5O3. The van der Waals surface area contributed by atoms with E-state index in [2.05, 4.69) is 21.3 Å². The molecule has 1 aromatic heterocycles. The molecule has 8 nitrogen and oxygen atoms in total. The van der Waals surface area contributed by atoms with Gasteiger partial charge in [0.1, 0.15) is 5.82 Å². The van der Waals surface area contributed by atoms with E-state index >= 15 is 0 Å². The average molecular weight is 381 g/mol. The zero-order chi connectivity index (χ0) is 19.9. The third kappa shape index (κ3) is 4.43. The summed E-state index contributed by atoms with van der Waals surface area (Å²) in [6.45, 7) is 2.94. The summed E-state index contributed by atoms with van der Waals surface area (Å²) in [7, 11) is 3.17. The van der Waals surface area contributed by atoms with Crippen LogP contribution in [0.5, 0.6) is 11.5 Å². The maximum Gasteiger partial charge on any atom is 0.317 e. The van der Waals surface area contributed by atoms with Crippen molar-refractivity contribution in [3.8, 4) is 17.6 Å². The van der Waals surface area contributed by atoms with Crippen LogP contribution in [0.1, 0.15) is 11.1 Å². The first kappa shape index (κ1) is 19.3. The van der Waals surface area contributed by atoms with Gasteiger partial charge < -0.3 is 24.6 Å². The minimum Gasteiger partial charge on any atom is -0.493 e. The number of nitrogens with one attached hydrogen (secondary N) is 1. The normalized spacial score (nSPS) is 13.6. The molecule has 0 atom stereocenters. The fraction of sp³-hybridized carbons (Fsp3) is 0.350. The fourth-order valence-corrected chi connectivity index (χ4v) is 3.08. The number of methoxy groups -OCH3 is 2. The van der Waals surface area contributed by atoms with Crippen molar-refractivity contribution in [2.75, 3.05) is 45.3 Å². The molecule has 2 heterocycles. The molecule has 146 valence electrons. The molecule has 8 heteroatoms. The standard InChI is InChI=1S/C20H23N5O3/c1-27-17-4-3-16(11-18(17)28-2)14-23-20(26)25-9-7-24(8-10-25)19-12-15(13-21)5-6-22-19/h3-6,11-12H,7-10,14H2,1-2H3,(H,23,26). The van der Waals surface area contributed by atoms with E-state index in [-0.39, 0.29) is 6.03 Å². The number of anilines is 1. The van der Waals surface area contributed by atoms with Crippen molar-refractivity contribution in [3.05, 3.63) is 47.7 Å². The summed E-state index contributed by atoms with van der Waals surface area (Å²) >= 11 is 0. The number of benzene rings is 1. The number of carbonyl (C=O) groups excluding carboxylic acids is 1. The number of hydrogen-bond donors (Lipinski definition) is 1. The summed E-state index contributed by atoms with van der Waals surface area (Å²) in [5.74, 6) is 2.06. The van der Waals surface area contributed by atoms with Gasteiger partial charge in [0.05, 0.1) is 25.9 Å². The lowest BCUT2D eigenvalue weighted by molar-refractivity contribution is 0.194. The topological polar surface area (TPSA) is 90.7 Å². The maximum absolute atomic E-state index is 12.5. The highest BCUT2D eigenvalue weighted by Crippen LogP contribution is 2.27. The van der Waals surface area contributed by atoms with Crippen LogP contribution < -0.4 is 19.7 Å². The lowest BCUT2D eigenvalue weighted by Crippen LogP contribution is -2.51. The van der Waals surface area contributed by atoms with Crippen LogP contribution in [-0.4, -0.2) is 56.3 Å². The van der Waals surface area contributed by atoms with Gasteiger partial charge in [0.15, 0.2) is 11.5 Å². The number of carbonyl (C=O) groups is 1. The number of nitrogens with zero attached hydrogens (tertiary/aromatic N) is 4. The van der Waals surface area contributed by atoms with Crippen LogP contribution in [0.3, 0.4) is 0 Å². The van der Waals surface area contributed by atoms with Crippen molar-refractivity contribution >= 4 is 11.8 Å². The number of nitriles is 1. The number of urea groups is 1. The van der Waals surface area contributed by atoms with E-state index < -0.39 is 0 Å². The Morgan fingerprint density at radius 1 is 1.14 bits per heavy atom. The molecule has 2 aromatic rings. The highest BCUT2D eigenvalue weighted by molar-refractivity contribution is 5.74. The first-order valence-electron chi connectivity index (χ1n) is 8.99. The second-order valence-corrected chi connectivity index (χ2v) is 6.34. The molecule has 0 spiro atoms. The smallest absolute Gasteiger partial charge is 0.317 e. The summed E-state index contributed by atoms with van der Waals surface area (Å²) in [6.07, 6.45) is 1.64. The summed E-state index contributed by atoms with van der Waals surface area (Å²) in [5.41, 5.74) is 1.52. The molecule has 1 fully saturated rings. The molecule has 0 unspecified atom stereocenters. The van der Waals surface area contributed by atoms with Gasteiger partial charge >= 0.3 is 6.03 Å². The van der Waals surface area contributed by atoms with Gasteiger partial charge in [0.25, 0.3) is 0 Å². The van der Waals surface area contributed by atoms with E-state index in [4.69, 9.17) is 14.7 Å². The van der Waals surface area contributed by atoms with Crippen LogP contribution >= 0.6 is 0 Å². The summed E-state index contributed by atoms with van der Waals surface area (Å²) in [4.78, 5) is 20.7. The Kier molecular flexibility index (Phi) is 6.17. The van der Waals surface area contributed by atoms with Crippen molar-refractivity contribution in [1.29, 1.82) is 5.26 Å². The molecule has 1 aliphatic rings. The molecule has 1 saturated heterocycles. The number of pyridine rings is 1. The Labute approximate surface area is 164 Å². The van der Waals surface area contributed by atoms with Crippen LogP contribution in [0.2, 0.25) is 0 Å². The van der Waals surface area contributed by atoms with Gasteiger partial charge in [0.2, 0.25) is 0 Å². The van der Waals surface area contributed by atoms with Crippen LogP contribution in [0.4, 0.5) is 10.6 Å².